The van der Waals surface area contributed by atoms with Crippen molar-refractivity contribution in [3.8, 4) is 5.75 Å². The molecule has 0 saturated carbocycles. The highest BCUT2D eigenvalue weighted by Gasteiger charge is 2.16. The van der Waals surface area contributed by atoms with Gasteiger partial charge in [-0.05, 0) is 42.5 Å². The summed E-state index contributed by atoms with van der Waals surface area (Å²) in [6.07, 6.45) is 2.64. The highest BCUT2D eigenvalue weighted by Crippen LogP contribution is 2.15. The molecule has 2 aromatic rings. The second kappa shape index (κ2) is 8.50. The first-order valence-corrected chi connectivity index (χ1v) is 8.42. The van der Waals surface area contributed by atoms with Crippen LogP contribution in [0.25, 0.3) is 0 Å². The second-order valence-corrected chi connectivity index (χ2v) is 6.05. The fraction of sp³-hybridized carbons (Fsp3) is 0.350. The summed E-state index contributed by atoms with van der Waals surface area (Å²) in [5, 5.41) is 2.99. The van der Waals surface area contributed by atoms with Crippen molar-refractivity contribution in [1.29, 1.82) is 0 Å². The molecule has 4 nitrogen and oxygen atoms in total. The number of nitrogens with one attached hydrogen (secondary N) is 1. The van der Waals surface area contributed by atoms with E-state index < -0.39 is 0 Å². The molecule has 126 valence electrons. The van der Waals surface area contributed by atoms with Gasteiger partial charge in [0.1, 0.15) is 5.75 Å². The number of rotatable bonds is 6. The van der Waals surface area contributed by atoms with E-state index in [1.165, 1.54) is 11.1 Å². The summed E-state index contributed by atoms with van der Waals surface area (Å²) in [4.78, 5) is 11.9. The molecule has 1 saturated heterocycles. The van der Waals surface area contributed by atoms with Gasteiger partial charge in [0.2, 0.25) is 0 Å². The van der Waals surface area contributed by atoms with Gasteiger partial charge in [-0.1, -0.05) is 42.5 Å². The summed E-state index contributed by atoms with van der Waals surface area (Å²) >= 11 is 0. The van der Waals surface area contributed by atoms with Crippen LogP contribution in [0.5, 0.6) is 5.75 Å². The molecule has 0 unspecified atom stereocenters. The summed E-state index contributed by atoms with van der Waals surface area (Å²) in [5.41, 5.74) is 2.50. The van der Waals surface area contributed by atoms with Gasteiger partial charge in [0.05, 0.1) is 0 Å². The molecule has 24 heavy (non-hydrogen) atoms. The van der Waals surface area contributed by atoms with E-state index in [2.05, 4.69) is 17.4 Å². The molecule has 3 rings (SSSR count). The van der Waals surface area contributed by atoms with Gasteiger partial charge in [-0.25, -0.2) is 0 Å². The Kier molecular flexibility index (Phi) is 5.85. The lowest BCUT2D eigenvalue weighted by molar-refractivity contribution is -0.124. The molecule has 1 fully saturated rings. The van der Waals surface area contributed by atoms with Crippen molar-refractivity contribution >= 4 is 5.91 Å². The molecule has 1 heterocycles. The summed E-state index contributed by atoms with van der Waals surface area (Å²) in [7, 11) is 0. The minimum Gasteiger partial charge on any atom is -0.484 e. The normalized spacial score (nSPS) is 15.0. The molecule has 0 spiro atoms. The Morgan fingerprint density at radius 3 is 2.38 bits per heavy atom. The average molecular weight is 325 g/mol. The Hall–Kier alpha value is -2.33. The Labute approximate surface area is 142 Å². The molecule has 1 N–H and O–H groups in total. The highest BCUT2D eigenvalue weighted by molar-refractivity contribution is 5.77. The second-order valence-electron chi connectivity index (χ2n) is 6.05. The van der Waals surface area contributed by atoms with Crippen molar-refractivity contribution in [3.05, 3.63) is 65.7 Å². The molecule has 0 radical (unpaired) electrons. The van der Waals surface area contributed by atoms with Gasteiger partial charge in [0.15, 0.2) is 6.61 Å². The number of amides is 1. The molecular formula is C20H23NO3. The van der Waals surface area contributed by atoms with Gasteiger partial charge in [-0.3, -0.25) is 4.79 Å². The van der Waals surface area contributed by atoms with Crippen LogP contribution in [0, 0.1) is 0 Å². The first-order chi connectivity index (χ1) is 11.8. The zero-order chi connectivity index (χ0) is 16.6. The van der Waals surface area contributed by atoms with Crippen molar-refractivity contribution in [3.63, 3.8) is 0 Å². The summed E-state index contributed by atoms with van der Waals surface area (Å²) in [6, 6.07) is 18.5. The van der Waals surface area contributed by atoms with Gasteiger partial charge in [-0.2, -0.15) is 0 Å². The number of hydrogen-bond acceptors (Lipinski definition) is 3. The average Bonchev–Trinajstić information content (AvgIpc) is 2.63. The van der Waals surface area contributed by atoms with Crippen molar-refractivity contribution in [2.24, 2.45) is 0 Å². The zero-order valence-electron chi connectivity index (χ0n) is 13.7. The van der Waals surface area contributed by atoms with Crippen LogP contribution in [0.4, 0.5) is 0 Å². The maximum atomic E-state index is 11.9. The van der Waals surface area contributed by atoms with Gasteiger partial charge < -0.3 is 14.8 Å². The molecule has 1 aliphatic rings. The van der Waals surface area contributed by atoms with Gasteiger partial charge in [0.25, 0.3) is 5.91 Å². The molecule has 1 amide bonds. The third-order valence-electron chi connectivity index (χ3n) is 4.13. The maximum Gasteiger partial charge on any atom is 0.258 e. The fourth-order valence-corrected chi connectivity index (χ4v) is 2.80. The van der Waals surface area contributed by atoms with E-state index in [1.54, 1.807) is 0 Å². The SMILES string of the molecule is O=C(COc1ccc(Cc2ccccc2)cc1)NC1CCOCC1. The Balaban J connectivity index is 1.44. The lowest BCUT2D eigenvalue weighted by Gasteiger charge is -2.23. The lowest BCUT2D eigenvalue weighted by Crippen LogP contribution is -2.41. The molecule has 0 aromatic heterocycles. The number of benzene rings is 2. The minimum atomic E-state index is -0.0738. The molecular weight excluding hydrogens is 302 g/mol. The third kappa shape index (κ3) is 5.10. The zero-order valence-corrected chi connectivity index (χ0v) is 13.7. The monoisotopic (exact) mass is 325 g/mol. The molecule has 2 aromatic carbocycles. The lowest BCUT2D eigenvalue weighted by atomic mass is 10.1. The first-order valence-electron chi connectivity index (χ1n) is 8.42. The standard InChI is InChI=1S/C20H23NO3/c22-20(21-18-10-12-23-13-11-18)15-24-19-8-6-17(7-9-19)14-16-4-2-1-3-5-16/h1-9,18H,10-15H2,(H,21,22). The molecule has 1 aliphatic heterocycles. The predicted molar refractivity (Wildman–Crippen MR) is 93.2 cm³/mol. The van der Waals surface area contributed by atoms with Crippen LogP contribution in [-0.4, -0.2) is 31.8 Å². The summed E-state index contributed by atoms with van der Waals surface area (Å²) in [5.74, 6) is 0.643. The predicted octanol–water partition coefficient (Wildman–Crippen LogP) is 2.95. The fourth-order valence-electron chi connectivity index (χ4n) is 2.80. The molecule has 0 bridgehead atoms. The number of carbonyl (C=O) groups is 1. The van der Waals surface area contributed by atoms with E-state index in [1.807, 2.05) is 42.5 Å². The van der Waals surface area contributed by atoms with Gasteiger partial charge >= 0.3 is 0 Å². The third-order valence-corrected chi connectivity index (χ3v) is 4.13. The first kappa shape index (κ1) is 16.5. The Bertz CT molecular complexity index is 634. The van der Waals surface area contributed by atoms with Crippen LogP contribution in [0.1, 0.15) is 24.0 Å². The largest absolute Gasteiger partial charge is 0.484 e. The quantitative estimate of drug-likeness (QED) is 0.888. The topological polar surface area (TPSA) is 47.6 Å². The summed E-state index contributed by atoms with van der Waals surface area (Å²) in [6.45, 7) is 1.48. The van der Waals surface area contributed by atoms with Crippen LogP contribution in [0.15, 0.2) is 54.6 Å². The number of hydrogen-bond donors (Lipinski definition) is 1. The van der Waals surface area contributed by atoms with E-state index in [0.717, 1.165) is 19.3 Å². The van der Waals surface area contributed by atoms with Crippen LogP contribution in [0.3, 0.4) is 0 Å². The van der Waals surface area contributed by atoms with Gasteiger partial charge in [0, 0.05) is 19.3 Å². The number of carbonyl (C=O) groups excluding carboxylic acids is 1. The smallest absolute Gasteiger partial charge is 0.258 e. The minimum absolute atomic E-state index is 0.0510. The van der Waals surface area contributed by atoms with E-state index >= 15 is 0 Å². The Morgan fingerprint density at radius 1 is 1.00 bits per heavy atom. The molecule has 0 atom stereocenters. The van der Waals surface area contributed by atoms with E-state index in [4.69, 9.17) is 9.47 Å². The van der Waals surface area contributed by atoms with Crippen LogP contribution in [0.2, 0.25) is 0 Å². The van der Waals surface area contributed by atoms with Gasteiger partial charge in [-0.15, -0.1) is 0 Å². The Morgan fingerprint density at radius 2 is 1.67 bits per heavy atom. The van der Waals surface area contributed by atoms with Crippen molar-refractivity contribution in [1.82, 2.24) is 5.32 Å². The highest BCUT2D eigenvalue weighted by atomic mass is 16.5. The maximum absolute atomic E-state index is 11.9. The van der Waals surface area contributed by atoms with Crippen molar-refractivity contribution in [2.45, 2.75) is 25.3 Å². The van der Waals surface area contributed by atoms with E-state index in [9.17, 15) is 4.79 Å². The number of ether oxygens (including phenoxy) is 2. The molecule has 0 aliphatic carbocycles. The van der Waals surface area contributed by atoms with Crippen molar-refractivity contribution in [2.75, 3.05) is 19.8 Å². The van der Waals surface area contributed by atoms with Crippen LogP contribution < -0.4 is 10.1 Å². The molecule has 4 heteroatoms. The van der Waals surface area contributed by atoms with Crippen LogP contribution in [-0.2, 0) is 16.0 Å². The van der Waals surface area contributed by atoms with E-state index in [-0.39, 0.29) is 18.6 Å². The van der Waals surface area contributed by atoms with E-state index in [0.29, 0.717) is 19.0 Å². The van der Waals surface area contributed by atoms with Crippen molar-refractivity contribution < 1.29 is 14.3 Å². The van der Waals surface area contributed by atoms with Crippen LogP contribution >= 0.6 is 0 Å². The summed E-state index contributed by atoms with van der Waals surface area (Å²) < 4.78 is 10.9.